The molecule has 2 saturated heterocycles. The molecule has 3 heterocycles. The average molecular weight is 579 g/mol. The third-order valence-electron chi connectivity index (χ3n) is 6.76. The van der Waals surface area contributed by atoms with Gasteiger partial charge in [0.25, 0.3) is 11.1 Å². The molecule has 204 valence electrons. The minimum atomic E-state index is -4.56. The minimum Gasteiger partial charge on any atom is -0.465 e. The molecule has 2 aromatic carbocycles. The van der Waals surface area contributed by atoms with Gasteiger partial charge in [-0.25, -0.2) is 4.79 Å². The first-order valence-electron chi connectivity index (χ1n) is 12.0. The van der Waals surface area contributed by atoms with E-state index in [0.29, 0.717) is 29.4 Å². The van der Waals surface area contributed by atoms with Crippen molar-refractivity contribution in [3.8, 4) is 0 Å². The van der Waals surface area contributed by atoms with Crippen molar-refractivity contribution < 1.29 is 32.7 Å². The molecule has 0 saturated carbocycles. The molecule has 3 amide bonds. The van der Waals surface area contributed by atoms with Crippen molar-refractivity contribution in [2.24, 2.45) is 5.92 Å². The molecular formula is C26H22ClF3N4O4S. The summed E-state index contributed by atoms with van der Waals surface area (Å²) in [5, 5.41) is 13.7. The average Bonchev–Trinajstić information content (AvgIpc) is 3.39. The molecule has 0 radical (unpaired) electrons. The number of piperidine rings is 1. The number of fused-ring (bicyclic) bond motifs is 1. The van der Waals surface area contributed by atoms with Gasteiger partial charge in [0, 0.05) is 30.0 Å². The van der Waals surface area contributed by atoms with Crippen LogP contribution in [0.1, 0.15) is 29.5 Å². The first-order chi connectivity index (χ1) is 18.5. The van der Waals surface area contributed by atoms with Gasteiger partial charge in [-0.05, 0) is 72.0 Å². The van der Waals surface area contributed by atoms with Crippen molar-refractivity contribution in [2.75, 3.05) is 19.6 Å². The molecule has 3 aromatic rings. The second-order valence-electron chi connectivity index (χ2n) is 9.45. The standard InChI is InChI=1S/C26H22ClF3N4O4S/c27-19-5-4-17(20(10-19)26(28,29)30)14-34-21-6-3-15(8-18(21)11-31-34)9-22-23(35)33(25(38)39-22)13-16-2-1-7-32(12-16)24(36)37/h3-6,8-11,16H,1-2,7,12-14H2,(H,36,37)/b22-9+/t16-/m1/s1. The quantitative estimate of drug-likeness (QED) is 0.363. The van der Waals surface area contributed by atoms with Gasteiger partial charge in [-0.2, -0.15) is 18.3 Å². The number of carbonyl (C=O) groups is 3. The van der Waals surface area contributed by atoms with Crippen molar-refractivity contribution in [2.45, 2.75) is 25.6 Å². The number of likely N-dealkylation sites (tertiary alicyclic amines) is 1. The molecule has 0 bridgehead atoms. The fourth-order valence-corrected chi connectivity index (χ4v) is 5.91. The van der Waals surface area contributed by atoms with Crippen molar-refractivity contribution >= 4 is 57.6 Å². The summed E-state index contributed by atoms with van der Waals surface area (Å²) in [5.74, 6) is -0.556. The van der Waals surface area contributed by atoms with E-state index in [1.54, 1.807) is 24.3 Å². The van der Waals surface area contributed by atoms with Gasteiger partial charge in [-0.1, -0.05) is 23.7 Å². The molecule has 1 N–H and O–H groups in total. The lowest BCUT2D eigenvalue weighted by Gasteiger charge is -2.32. The van der Waals surface area contributed by atoms with Crippen LogP contribution in [0.25, 0.3) is 17.0 Å². The van der Waals surface area contributed by atoms with Crippen molar-refractivity contribution in [3.63, 3.8) is 0 Å². The van der Waals surface area contributed by atoms with Gasteiger partial charge >= 0.3 is 12.3 Å². The number of carboxylic acid groups (broad SMARTS) is 1. The summed E-state index contributed by atoms with van der Waals surface area (Å²) in [4.78, 5) is 39.6. The highest BCUT2D eigenvalue weighted by Crippen LogP contribution is 2.36. The Hall–Kier alpha value is -3.51. The molecule has 0 aliphatic carbocycles. The van der Waals surface area contributed by atoms with Gasteiger partial charge < -0.3 is 10.0 Å². The minimum absolute atomic E-state index is 0.00794. The first-order valence-corrected chi connectivity index (χ1v) is 13.2. The number of aromatic nitrogens is 2. The van der Waals surface area contributed by atoms with Crippen LogP contribution >= 0.6 is 23.4 Å². The van der Waals surface area contributed by atoms with E-state index in [-0.39, 0.29) is 41.0 Å². The van der Waals surface area contributed by atoms with Crippen LogP contribution in [0.5, 0.6) is 0 Å². The molecule has 1 atom stereocenters. The third-order valence-corrected chi connectivity index (χ3v) is 7.91. The number of nitrogens with zero attached hydrogens (tertiary/aromatic N) is 4. The highest BCUT2D eigenvalue weighted by Gasteiger charge is 2.38. The van der Waals surface area contributed by atoms with Crippen molar-refractivity contribution in [3.05, 3.63) is 69.2 Å². The molecule has 2 aliphatic heterocycles. The molecule has 8 nitrogen and oxygen atoms in total. The van der Waals surface area contributed by atoms with Crippen molar-refractivity contribution in [1.29, 1.82) is 0 Å². The Morgan fingerprint density at radius 2 is 2.00 bits per heavy atom. The number of benzene rings is 2. The molecule has 0 spiro atoms. The maximum atomic E-state index is 13.5. The SMILES string of the molecule is O=C(O)N1CCC[C@@H](CN2C(=O)S/C(=C/c3ccc4c(cnn4Cc4ccc(Cl)cc4C(F)(F)F)c3)C2=O)C1. The Bertz CT molecular complexity index is 1510. The van der Waals surface area contributed by atoms with E-state index in [2.05, 4.69) is 5.10 Å². The molecular weight excluding hydrogens is 557 g/mol. The van der Waals surface area contributed by atoms with Crippen LogP contribution in [0.4, 0.5) is 22.8 Å². The number of hydrogen-bond acceptors (Lipinski definition) is 5. The van der Waals surface area contributed by atoms with Crippen LogP contribution in [-0.2, 0) is 17.5 Å². The zero-order chi connectivity index (χ0) is 27.9. The molecule has 2 fully saturated rings. The maximum Gasteiger partial charge on any atom is 0.416 e. The van der Waals surface area contributed by atoms with Gasteiger partial charge in [0.2, 0.25) is 0 Å². The smallest absolute Gasteiger partial charge is 0.416 e. The van der Waals surface area contributed by atoms with Gasteiger partial charge in [-0.15, -0.1) is 0 Å². The third kappa shape index (κ3) is 5.76. The van der Waals surface area contributed by atoms with Crippen LogP contribution in [0.15, 0.2) is 47.5 Å². The van der Waals surface area contributed by atoms with E-state index >= 15 is 0 Å². The number of halogens is 4. The molecule has 5 rings (SSSR count). The summed E-state index contributed by atoms with van der Waals surface area (Å²) in [6, 6.07) is 8.77. The lowest BCUT2D eigenvalue weighted by atomic mass is 9.98. The molecule has 39 heavy (non-hydrogen) atoms. The fraction of sp³-hybridized carbons (Fsp3) is 0.308. The zero-order valence-corrected chi connectivity index (χ0v) is 21.9. The topological polar surface area (TPSA) is 95.7 Å². The fourth-order valence-electron chi connectivity index (χ4n) is 4.89. The molecule has 13 heteroatoms. The lowest BCUT2D eigenvalue weighted by Crippen LogP contribution is -2.44. The second kappa shape index (κ2) is 10.6. The molecule has 0 unspecified atom stereocenters. The van der Waals surface area contributed by atoms with Gasteiger partial charge in [0.15, 0.2) is 0 Å². The van der Waals surface area contributed by atoms with E-state index in [9.17, 15) is 32.7 Å². The van der Waals surface area contributed by atoms with E-state index in [1.165, 1.54) is 27.9 Å². The van der Waals surface area contributed by atoms with Crippen molar-refractivity contribution in [1.82, 2.24) is 19.6 Å². The highest BCUT2D eigenvalue weighted by atomic mass is 35.5. The highest BCUT2D eigenvalue weighted by molar-refractivity contribution is 8.18. The van der Waals surface area contributed by atoms with Crippen LogP contribution < -0.4 is 0 Å². The van der Waals surface area contributed by atoms with E-state index in [1.807, 2.05) is 0 Å². The Labute approximate surface area is 230 Å². The normalized spacial score (nSPS) is 19.5. The lowest BCUT2D eigenvalue weighted by molar-refractivity contribution is -0.138. The van der Waals surface area contributed by atoms with Crippen LogP contribution in [0.2, 0.25) is 5.02 Å². The predicted octanol–water partition coefficient (Wildman–Crippen LogP) is 6.18. The van der Waals surface area contributed by atoms with Gasteiger partial charge in [-0.3, -0.25) is 19.2 Å². The molecule has 1 aromatic heterocycles. The Kier molecular flexibility index (Phi) is 7.34. The van der Waals surface area contributed by atoms with E-state index in [4.69, 9.17) is 11.6 Å². The number of thioether (sulfide) groups is 1. The van der Waals surface area contributed by atoms with E-state index < -0.39 is 29.0 Å². The Morgan fingerprint density at radius 1 is 1.21 bits per heavy atom. The second-order valence-corrected chi connectivity index (χ2v) is 10.9. The van der Waals surface area contributed by atoms with Gasteiger partial charge in [0.1, 0.15) is 0 Å². The molecule has 2 aliphatic rings. The number of hydrogen-bond donors (Lipinski definition) is 1. The summed E-state index contributed by atoms with van der Waals surface area (Å²) in [5.41, 5.74) is 0.433. The number of alkyl halides is 3. The summed E-state index contributed by atoms with van der Waals surface area (Å²) >= 11 is 6.60. The van der Waals surface area contributed by atoms with Crippen LogP contribution in [-0.4, -0.2) is 61.6 Å². The Balaban J connectivity index is 1.33. The van der Waals surface area contributed by atoms with Crippen LogP contribution in [0.3, 0.4) is 0 Å². The zero-order valence-electron chi connectivity index (χ0n) is 20.3. The summed E-state index contributed by atoms with van der Waals surface area (Å²) in [6.45, 7) is 0.754. The van der Waals surface area contributed by atoms with E-state index in [0.717, 1.165) is 29.1 Å². The monoisotopic (exact) mass is 578 g/mol. The summed E-state index contributed by atoms with van der Waals surface area (Å²) in [7, 11) is 0. The van der Waals surface area contributed by atoms with Gasteiger partial charge in [0.05, 0.1) is 28.7 Å². The number of carbonyl (C=O) groups excluding carboxylic acids is 2. The number of amides is 3. The predicted molar refractivity (Wildman–Crippen MR) is 140 cm³/mol. The summed E-state index contributed by atoms with van der Waals surface area (Å²) in [6.07, 6.45) is -1.06. The first kappa shape index (κ1) is 27.1. The van der Waals surface area contributed by atoms with Crippen LogP contribution in [0, 0.1) is 5.92 Å². The Morgan fingerprint density at radius 3 is 2.74 bits per heavy atom. The largest absolute Gasteiger partial charge is 0.465 e. The number of imide groups is 1. The summed E-state index contributed by atoms with van der Waals surface area (Å²) < 4.78 is 42.0. The maximum absolute atomic E-state index is 13.5. The number of rotatable bonds is 5.